The third kappa shape index (κ3) is 3.08. The fraction of sp³-hybridized carbons (Fsp3) is 0.600. The average Bonchev–Trinajstić information content (AvgIpc) is 2.38. The van der Waals surface area contributed by atoms with E-state index in [-0.39, 0.29) is 5.56 Å². The predicted molar refractivity (Wildman–Crippen MR) is 70.1 cm³/mol. The Morgan fingerprint density at radius 3 is 2.39 bits per heavy atom. The number of rotatable bonds is 3. The summed E-state index contributed by atoms with van der Waals surface area (Å²) in [4.78, 5) is 0. The molecule has 0 aromatic heterocycles. The first-order valence-electron chi connectivity index (χ1n) is 6.66. The van der Waals surface area contributed by atoms with Gasteiger partial charge in [-0.3, -0.25) is 0 Å². The van der Waals surface area contributed by atoms with E-state index >= 15 is 0 Å². The van der Waals surface area contributed by atoms with Crippen LogP contribution in [0.5, 0.6) is 0 Å². The summed E-state index contributed by atoms with van der Waals surface area (Å²) in [6, 6.07) is 7.54. The van der Waals surface area contributed by atoms with Crippen LogP contribution in [0.2, 0.25) is 0 Å². The molecule has 1 aliphatic carbocycles. The lowest BCUT2D eigenvalue weighted by molar-refractivity contribution is 0.0173. The van der Waals surface area contributed by atoms with E-state index in [1.165, 1.54) is 6.07 Å². The quantitative estimate of drug-likeness (QED) is 0.857. The van der Waals surface area contributed by atoms with Gasteiger partial charge in [0.2, 0.25) is 0 Å². The molecule has 1 N–H and O–H groups in total. The maximum absolute atomic E-state index is 13.3. The lowest BCUT2D eigenvalue weighted by Gasteiger charge is -2.29. The van der Waals surface area contributed by atoms with Gasteiger partial charge in [0, 0.05) is 18.5 Å². The molecular weight excluding hydrogens is 232 g/mol. The molecule has 1 nitrogen and oxygen atoms in total. The number of nitrogens with one attached hydrogen (secondary N) is 1. The molecule has 0 unspecified atom stereocenters. The molecule has 1 aromatic rings. The standard InChI is InChI=1S/C15H21F2N/c1-15(16,17)13-5-3-4-12(10-13)11-6-8-14(18-2)9-7-11/h3-5,10-11,14,18H,6-9H2,1-2H3. The molecule has 0 aliphatic heterocycles. The maximum Gasteiger partial charge on any atom is 0.270 e. The summed E-state index contributed by atoms with van der Waals surface area (Å²) in [5, 5.41) is 3.29. The van der Waals surface area contributed by atoms with Crippen molar-refractivity contribution < 1.29 is 8.78 Å². The van der Waals surface area contributed by atoms with Crippen LogP contribution in [0, 0.1) is 0 Å². The Labute approximate surface area is 108 Å². The Morgan fingerprint density at radius 2 is 1.83 bits per heavy atom. The maximum atomic E-state index is 13.3. The zero-order chi connectivity index (χ0) is 13.2. The van der Waals surface area contributed by atoms with E-state index in [1.54, 1.807) is 12.1 Å². The lowest BCUT2D eigenvalue weighted by Crippen LogP contribution is -2.29. The molecule has 0 radical (unpaired) electrons. The highest BCUT2D eigenvalue weighted by atomic mass is 19.3. The molecule has 0 atom stereocenters. The summed E-state index contributed by atoms with van der Waals surface area (Å²) >= 11 is 0. The van der Waals surface area contributed by atoms with Gasteiger partial charge in [0.1, 0.15) is 0 Å². The van der Waals surface area contributed by atoms with E-state index in [1.807, 2.05) is 13.1 Å². The molecular formula is C15H21F2N. The third-order valence-electron chi connectivity index (χ3n) is 4.00. The van der Waals surface area contributed by atoms with Crippen LogP contribution in [-0.2, 0) is 5.92 Å². The van der Waals surface area contributed by atoms with Crippen molar-refractivity contribution in [3.8, 4) is 0 Å². The van der Waals surface area contributed by atoms with E-state index in [4.69, 9.17) is 0 Å². The van der Waals surface area contributed by atoms with Crippen molar-refractivity contribution >= 4 is 0 Å². The van der Waals surface area contributed by atoms with E-state index in [0.717, 1.165) is 38.2 Å². The van der Waals surface area contributed by atoms with Gasteiger partial charge in [-0.25, -0.2) is 8.78 Å². The zero-order valence-corrected chi connectivity index (χ0v) is 11.0. The molecule has 3 heteroatoms. The fourth-order valence-electron chi connectivity index (χ4n) is 2.78. The zero-order valence-electron chi connectivity index (χ0n) is 11.0. The van der Waals surface area contributed by atoms with Crippen molar-refractivity contribution in [2.45, 2.75) is 50.5 Å². The first-order chi connectivity index (χ1) is 8.50. The summed E-state index contributed by atoms with van der Waals surface area (Å²) in [7, 11) is 1.99. The number of alkyl halides is 2. The summed E-state index contributed by atoms with van der Waals surface area (Å²) < 4.78 is 26.6. The van der Waals surface area contributed by atoms with E-state index in [2.05, 4.69) is 5.32 Å². The minimum Gasteiger partial charge on any atom is -0.317 e. The van der Waals surface area contributed by atoms with E-state index < -0.39 is 5.92 Å². The normalized spacial score (nSPS) is 25.1. The molecule has 100 valence electrons. The minimum absolute atomic E-state index is 0.135. The number of hydrogen-bond donors (Lipinski definition) is 1. The average molecular weight is 253 g/mol. The molecule has 0 bridgehead atoms. The van der Waals surface area contributed by atoms with E-state index in [0.29, 0.717) is 12.0 Å². The Hall–Kier alpha value is -0.960. The van der Waals surface area contributed by atoms with Gasteiger partial charge < -0.3 is 5.32 Å². The van der Waals surface area contributed by atoms with Gasteiger partial charge >= 0.3 is 0 Å². The second-order valence-electron chi connectivity index (χ2n) is 5.35. The predicted octanol–water partition coefficient (Wildman–Crippen LogP) is 4.04. The Balaban J connectivity index is 2.10. The summed E-state index contributed by atoms with van der Waals surface area (Å²) in [6.07, 6.45) is 4.44. The molecule has 1 fully saturated rings. The molecule has 0 heterocycles. The summed E-state index contributed by atoms with van der Waals surface area (Å²) in [5.74, 6) is -2.30. The molecule has 2 rings (SSSR count). The van der Waals surface area contributed by atoms with Gasteiger partial charge in [-0.15, -0.1) is 0 Å². The van der Waals surface area contributed by atoms with Crippen molar-refractivity contribution in [1.29, 1.82) is 0 Å². The van der Waals surface area contributed by atoms with Crippen molar-refractivity contribution in [1.82, 2.24) is 5.32 Å². The number of benzene rings is 1. The van der Waals surface area contributed by atoms with Crippen LogP contribution < -0.4 is 5.32 Å². The fourth-order valence-corrected chi connectivity index (χ4v) is 2.78. The largest absolute Gasteiger partial charge is 0.317 e. The smallest absolute Gasteiger partial charge is 0.270 e. The molecule has 1 aliphatic rings. The van der Waals surface area contributed by atoms with Crippen molar-refractivity contribution in [2.24, 2.45) is 0 Å². The number of halogens is 2. The first kappa shape index (κ1) is 13.5. The lowest BCUT2D eigenvalue weighted by atomic mass is 9.81. The van der Waals surface area contributed by atoms with Crippen LogP contribution in [0.4, 0.5) is 8.78 Å². The highest BCUT2D eigenvalue weighted by Gasteiger charge is 2.26. The minimum atomic E-state index is -2.74. The SMILES string of the molecule is CNC1CCC(c2cccc(C(C)(F)F)c2)CC1. The van der Waals surface area contributed by atoms with Crippen LogP contribution in [0.25, 0.3) is 0 Å². The Morgan fingerprint density at radius 1 is 1.17 bits per heavy atom. The van der Waals surface area contributed by atoms with Crippen molar-refractivity contribution in [3.05, 3.63) is 35.4 Å². The molecule has 0 spiro atoms. The molecule has 0 saturated heterocycles. The highest BCUT2D eigenvalue weighted by molar-refractivity contribution is 5.29. The Kier molecular flexibility index (Phi) is 4.00. The molecule has 0 amide bonds. The van der Waals surface area contributed by atoms with Gasteiger partial charge in [0.15, 0.2) is 0 Å². The van der Waals surface area contributed by atoms with Crippen molar-refractivity contribution in [2.75, 3.05) is 7.05 Å². The highest BCUT2D eigenvalue weighted by Crippen LogP contribution is 2.35. The Bertz CT molecular complexity index is 390. The van der Waals surface area contributed by atoms with Crippen LogP contribution in [0.3, 0.4) is 0 Å². The van der Waals surface area contributed by atoms with Crippen LogP contribution in [0.1, 0.15) is 49.7 Å². The van der Waals surface area contributed by atoms with Gasteiger partial charge in [-0.2, -0.15) is 0 Å². The summed E-state index contributed by atoms with van der Waals surface area (Å²) in [5.41, 5.74) is 1.21. The van der Waals surface area contributed by atoms with Gasteiger partial charge in [-0.1, -0.05) is 18.2 Å². The number of hydrogen-bond acceptors (Lipinski definition) is 1. The first-order valence-corrected chi connectivity index (χ1v) is 6.66. The van der Waals surface area contributed by atoms with Gasteiger partial charge in [0.25, 0.3) is 5.92 Å². The van der Waals surface area contributed by atoms with Crippen LogP contribution in [0.15, 0.2) is 24.3 Å². The van der Waals surface area contributed by atoms with Crippen LogP contribution in [-0.4, -0.2) is 13.1 Å². The third-order valence-corrected chi connectivity index (χ3v) is 4.00. The topological polar surface area (TPSA) is 12.0 Å². The van der Waals surface area contributed by atoms with E-state index in [9.17, 15) is 8.78 Å². The van der Waals surface area contributed by atoms with Gasteiger partial charge in [-0.05, 0) is 50.3 Å². The molecule has 18 heavy (non-hydrogen) atoms. The van der Waals surface area contributed by atoms with Crippen molar-refractivity contribution in [3.63, 3.8) is 0 Å². The van der Waals surface area contributed by atoms with Crippen LogP contribution >= 0.6 is 0 Å². The monoisotopic (exact) mass is 253 g/mol. The second-order valence-corrected chi connectivity index (χ2v) is 5.35. The van der Waals surface area contributed by atoms with Gasteiger partial charge in [0.05, 0.1) is 0 Å². The second kappa shape index (κ2) is 5.35. The molecule has 1 saturated carbocycles. The summed E-state index contributed by atoms with van der Waals surface area (Å²) in [6.45, 7) is 0.962. The molecule has 1 aromatic carbocycles.